The van der Waals surface area contributed by atoms with Gasteiger partial charge in [0, 0.05) is 11.1 Å². The van der Waals surface area contributed by atoms with Crippen LogP contribution in [0.5, 0.6) is 0 Å². The van der Waals surface area contributed by atoms with Gasteiger partial charge in [-0.05, 0) is 80.6 Å². The quantitative estimate of drug-likeness (QED) is 0.530. The highest BCUT2D eigenvalue weighted by atomic mass is 16.2. The molecule has 158 valence electrons. The fourth-order valence-electron chi connectivity index (χ4n) is 6.88. The molecule has 0 aromatic rings. The van der Waals surface area contributed by atoms with Gasteiger partial charge in [-0.1, -0.05) is 19.4 Å². The molecule has 0 spiro atoms. The van der Waals surface area contributed by atoms with Crippen LogP contribution < -0.4 is 22.3 Å². The highest BCUT2D eigenvalue weighted by Crippen LogP contribution is 2.64. The number of primary amides is 2. The van der Waals surface area contributed by atoms with Crippen molar-refractivity contribution in [1.82, 2.24) is 10.9 Å². The van der Waals surface area contributed by atoms with E-state index in [2.05, 4.69) is 41.0 Å². The lowest BCUT2D eigenvalue weighted by Crippen LogP contribution is -2.50. The second-order valence-electron chi connectivity index (χ2n) is 9.61. The molecule has 0 unspecified atom stereocenters. The summed E-state index contributed by atoms with van der Waals surface area (Å²) < 4.78 is 0. The minimum absolute atomic E-state index is 0.0634. The Balaban J connectivity index is 1.57. The van der Waals surface area contributed by atoms with Crippen LogP contribution in [0, 0.1) is 28.6 Å². The van der Waals surface area contributed by atoms with Crippen molar-refractivity contribution < 1.29 is 9.59 Å². The van der Waals surface area contributed by atoms with Crippen molar-refractivity contribution in [3.63, 3.8) is 0 Å². The Hall–Kier alpha value is -2.38. The van der Waals surface area contributed by atoms with E-state index in [4.69, 9.17) is 11.5 Å². The molecule has 4 rings (SSSR count). The Bertz CT molecular complexity index is 818. The van der Waals surface area contributed by atoms with Gasteiger partial charge in [-0.2, -0.15) is 10.2 Å². The predicted molar refractivity (Wildman–Crippen MR) is 112 cm³/mol. The molecule has 4 aliphatic rings. The van der Waals surface area contributed by atoms with E-state index in [1.165, 1.54) is 18.4 Å². The van der Waals surface area contributed by atoms with Crippen LogP contribution in [0.15, 0.2) is 21.9 Å². The van der Waals surface area contributed by atoms with Crippen LogP contribution in [0.1, 0.15) is 65.2 Å². The number of urea groups is 2. The van der Waals surface area contributed by atoms with Crippen LogP contribution in [0.2, 0.25) is 0 Å². The molecule has 3 saturated carbocycles. The molecule has 0 aromatic heterocycles. The molecule has 0 radical (unpaired) electrons. The first-order valence-electron chi connectivity index (χ1n) is 10.7. The van der Waals surface area contributed by atoms with Crippen LogP contribution in [-0.4, -0.2) is 23.5 Å². The number of fused-ring (bicyclic) bond motifs is 5. The third kappa shape index (κ3) is 3.32. The molecule has 6 N–H and O–H groups in total. The third-order valence-corrected chi connectivity index (χ3v) is 8.33. The van der Waals surface area contributed by atoms with Crippen molar-refractivity contribution in [2.45, 2.75) is 65.2 Å². The van der Waals surface area contributed by atoms with Crippen LogP contribution >= 0.6 is 0 Å². The molecule has 0 heterocycles. The number of nitrogens with one attached hydrogen (secondary N) is 2. The lowest BCUT2D eigenvalue weighted by molar-refractivity contribution is -0.0155. The number of hydrogen-bond acceptors (Lipinski definition) is 4. The summed E-state index contributed by atoms with van der Waals surface area (Å²) in [6.07, 6.45) is 10.7. The van der Waals surface area contributed by atoms with Gasteiger partial charge in [0.1, 0.15) is 0 Å². The number of carbonyl (C=O) groups excluding carboxylic acids is 2. The second kappa shape index (κ2) is 7.15. The van der Waals surface area contributed by atoms with Gasteiger partial charge in [-0.15, -0.1) is 0 Å². The van der Waals surface area contributed by atoms with Crippen LogP contribution in [0.4, 0.5) is 9.59 Å². The summed E-state index contributed by atoms with van der Waals surface area (Å²) in [6.45, 7) is 4.76. The van der Waals surface area contributed by atoms with Crippen molar-refractivity contribution in [3.8, 4) is 0 Å². The monoisotopic (exact) mass is 400 g/mol. The molecule has 8 nitrogen and oxygen atoms in total. The second-order valence-corrected chi connectivity index (χ2v) is 9.61. The summed E-state index contributed by atoms with van der Waals surface area (Å²) in [5, 5.41) is 8.55. The molecule has 4 aliphatic carbocycles. The fourth-order valence-corrected chi connectivity index (χ4v) is 6.88. The number of carbonyl (C=O) groups is 2. The first-order valence-corrected chi connectivity index (χ1v) is 10.7. The average molecular weight is 401 g/mol. The summed E-state index contributed by atoms with van der Waals surface area (Å²) >= 11 is 0. The number of hydrazone groups is 2. The van der Waals surface area contributed by atoms with Gasteiger partial charge in [0.25, 0.3) is 0 Å². The van der Waals surface area contributed by atoms with Crippen LogP contribution in [-0.2, 0) is 0 Å². The van der Waals surface area contributed by atoms with Gasteiger partial charge in [-0.25, -0.2) is 20.4 Å². The minimum atomic E-state index is -0.621. The standard InChI is InChI=1S/C21H32N6O2/c1-20-9-7-13(24-26-18(22)28)11-12(20)3-4-14-15-5-6-17(25-27-19(23)29)21(15,2)10-8-16(14)20/h11,14-16H,3-10H2,1-2H3,(H3,22,26,28)(H3,23,27,29)/b24-13-,25-17+/t14-,15+,16-,20-,21-/m0/s1. The maximum Gasteiger partial charge on any atom is 0.332 e. The molecule has 8 heteroatoms. The molecule has 29 heavy (non-hydrogen) atoms. The Kier molecular flexibility index (Phi) is 4.91. The summed E-state index contributed by atoms with van der Waals surface area (Å²) in [5.74, 6) is 1.95. The zero-order chi connectivity index (χ0) is 20.8. The van der Waals surface area contributed by atoms with Crippen molar-refractivity contribution in [3.05, 3.63) is 11.6 Å². The lowest BCUT2D eigenvalue weighted by Gasteiger charge is -2.57. The molecular weight excluding hydrogens is 368 g/mol. The summed E-state index contributed by atoms with van der Waals surface area (Å²) in [4.78, 5) is 22.1. The summed E-state index contributed by atoms with van der Waals surface area (Å²) in [5.41, 5.74) is 19.0. The van der Waals surface area contributed by atoms with Crippen LogP contribution in [0.25, 0.3) is 0 Å². The zero-order valence-corrected chi connectivity index (χ0v) is 17.3. The molecule has 0 aromatic carbocycles. The summed E-state index contributed by atoms with van der Waals surface area (Å²) in [7, 11) is 0. The number of amides is 4. The van der Waals surface area contributed by atoms with Gasteiger partial charge in [0.05, 0.1) is 5.71 Å². The normalized spacial score (nSPS) is 41.2. The predicted octanol–water partition coefficient (Wildman–Crippen LogP) is 3.00. The third-order valence-electron chi connectivity index (χ3n) is 8.33. The molecular formula is C21H32N6O2. The van der Waals surface area contributed by atoms with E-state index < -0.39 is 12.1 Å². The maximum absolute atomic E-state index is 11.1. The van der Waals surface area contributed by atoms with E-state index in [0.717, 1.165) is 49.9 Å². The molecule has 3 fully saturated rings. The largest absolute Gasteiger partial charge is 0.350 e. The van der Waals surface area contributed by atoms with Gasteiger partial charge in [0.2, 0.25) is 0 Å². The van der Waals surface area contributed by atoms with E-state index in [-0.39, 0.29) is 10.8 Å². The van der Waals surface area contributed by atoms with Crippen molar-refractivity contribution in [2.24, 2.45) is 50.3 Å². The number of nitrogens with zero attached hydrogens (tertiary/aromatic N) is 2. The smallest absolute Gasteiger partial charge is 0.332 e. The molecule has 4 amide bonds. The van der Waals surface area contributed by atoms with Gasteiger partial charge >= 0.3 is 12.1 Å². The Morgan fingerprint density at radius 2 is 1.62 bits per heavy atom. The van der Waals surface area contributed by atoms with Gasteiger partial charge in [-0.3, -0.25) is 0 Å². The van der Waals surface area contributed by atoms with Gasteiger partial charge in [0.15, 0.2) is 0 Å². The topological polar surface area (TPSA) is 135 Å². The molecule has 0 aliphatic heterocycles. The van der Waals surface area contributed by atoms with Crippen molar-refractivity contribution in [2.75, 3.05) is 0 Å². The van der Waals surface area contributed by atoms with Gasteiger partial charge < -0.3 is 11.5 Å². The molecule has 0 bridgehead atoms. The zero-order valence-electron chi connectivity index (χ0n) is 17.3. The number of hydrogen-bond donors (Lipinski definition) is 4. The molecule has 5 atom stereocenters. The van der Waals surface area contributed by atoms with E-state index in [1.807, 2.05) is 0 Å². The first-order chi connectivity index (χ1) is 13.7. The van der Waals surface area contributed by atoms with E-state index in [1.54, 1.807) is 0 Å². The number of rotatable bonds is 2. The molecule has 0 saturated heterocycles. The lowest BCUT2D eigenvalue weighted by atomic mass is 9.47. The Labute approximate surface area is 171 Å². The maximum atomic E-state index is 11.1. The van der Waals surface area contributed by atoms with E-state index >= 15 is 0 Å². The average Bonchev–Trinajstić information content (AvgIpc) is 3.01. The number of nitrogens with two attached hydrogens (primary N) is 2. The van der Waals surface area contributed by atoms with E-state index in [0.29, 0.717) is 17.8 Å². The summed E-state index contributed by atoms with van der Waals surface area (Å²) in [6, 6.07) is -1.22. The Morgan fingerprint density at radius 1 is 0.931 bits per heavy atom. The minimum Gasteiger partial charge on any atom is -0.350 e. The number of allylic oxidation sites excluding steroid dienone is 2. The highest BCUT2D eigenvalue weighted by molar-refractivity contribution is 5.97. The Morgan fingerprint density at radius 3 is 2.34 bits per heavy atom. The SMILES string of the molecule is C[C@]12CC/C(=N/NC(N)=O)C=C1CC[C@H]1[C@H]3CC/C(=N\NC(N)=O)[C@@]3(C)CC[C@@H]12. The highest BCUT2D eigenvalue weighted by Gasteiger charge is 2.58. The van der Waals surface area contributed by atoms with E-state index in [9.17, 15) is 9.59 Å². The van der Waals surface area contributed by atoms with Crippen LogP contribution in [0.3, 0.4) is 0 Å². The van der Waals surface area contributed by atoms with Crippen molar-refractivity contribution in [1.29, 1.82) is 0 Å². The van der Waals surface area contributed by atoms with Crippen molar-refractivity contribution >= 4 is 23.5 Å². The first kappa shape index (κ1) is 19.9. The fraction of sp³-hybridized carbons (Fsp3) is 0.714.